The monoisotopic (exact) mass is 416 g/mol. The Morgan fingerprint density at radius 2 is 1.90 bits per heavy atom. The molecule has 2 fully saturated rings. The first kappa shape index (κ1) is 18.4. The fourth-order valence-electron chi connectivity index (χ4n) is 4.64. The summed E-state index contributed by atoms with van der Waals surface area (Å²) >= 11 is 0. The van der Waals surface area contributed by atoms with Gasteiger partial charge in [-0.25, -0.2) is 19.9 Å². The molecule has 6 rings (SSSR count). The molecule has 3 aromatic rings. The highest BCUT2D eigenvalue weighted by Gasteiger charge is 2.35. The molecule has 2 bridgehead atoms. The number of hydrogen-bond donors (Lipinski definition) is 1. The Labute approximate surface area is 179 Å². The van der Waals surface area contributed by atoms with Gasteiger partial charge in [0.05, 0.1) is 30.9 Å². The van der Waals surface area contributed by atoms with Crippen molar-refractivity contribution in [2.24, 2.45) is 5.92 Å². The Morgan fingerprint density at radius 1 is 1.03 bits per heavy atom. The zero-order chi connectivity index (χ0) is 20.8. The summed E-state index contributed by atoms with van der Waals surface area (Å²) in [6, 6.07) is 0. The maximum Gasteiger partial charge on any atom is 0.228 e. The van der Waals surface area contributed by atoms with Gasteiger partial charge in [-0.1, -0.05) is 24.3 Å². The van der Waals surface area contributed by atoms with Gasteiger partial charge in [0.1, 0.15) is 22.7 Å². The molecule has 9 heteroatoms. The fraction of sp³-hybridized carbons (Fsp3) is 0.409. The van der Waals surface area contributed by atoms with Gasteiger partial charge in [0.2, 0.25) is 5.95 Å². The molecule has 2 N–H and O–H groups in total. The van der Waals surface area contributed by atoms with Crippen molar-refractivity contribution in [1.82, 2.24) is 29.5 Å². The molecule has 31 heavy (non-hydrogen) atoms. The van der Waals surface area contributed by atoms with E-state index in [0.717, 1.165) is 50.1 Å². The molecule has 2 aliphatic heterocycles. The molecular weight excluding hydrogens is 392 g/mol. The number of allylic oxidation sites excluding steroid dienone is 4. The van der Waals surface area contributed by atoms with E-state index in [1.165, 1.54) is 0 Å². The van der Waals surface area contributed by atoms with Gasteiger partial charge in [-0.2, -0.15) is 4.98 Å². The van der Waals surface area contributed by atoms with Gasteiger partial charge in [-0.15, -0.1) is 0 Å². The van der Waals surface area contributed by atoms with Crippen molar-refractivity contribution in [2.45, 2.75) is 38.0 Å². The Morgan fingerprint density at radius 3 is 2.65 bits per heavy atom. The maximum absolute atomic E-state index is 6.01. The van der Waals surface area contributed by atoms with Gasteiger partial charge in [-0.3, -0.25) is 0 Å². The molecule has 158 valence electrons. The highest BCUT2D eigenvalue weighted by atomic mass is 16.5. The molecular formula is C22H24N8O. The van der Waals surface area contributed by atoms with Crippen molar-refractivity contribution >= 4 is 22.9 Å². The molecule has 0 saturated carbocycles. The van der Waals surface area contributed by atoms with E-state index < -0.39 is 0 Å². The second kappa shape index (κ2) is 7.42. The second-order valence-electron chi connectivity index (χ2n) is 8.44. The Hall–Kier alpha value is -3.33. The molecule has 0 aromatic carbocycles. The predicted molar refractivity (Wildman–Crippen MR) is 117 cm³/mol. The number of aromatic nitrogens is 6. The number of nitrogens with zero attached hydrogens (tertiary/aromatic N) is 7. The maximum atomic E-state index is 6.01. The van der Waals surface area contributed by atoms with Crippen LogP contribution in [0, 0.1) is 5.92 Å². The van der Waals surface area contributed by atoms with E-state index in [-0.39, 0.29) is 12.2 Å². The summed E-state index contributed by atoms with van der Waals surface area (Å²) in [6.45, 7) is 2.42. The number of fused-ring (bicyclic) bond motifs is 3. The van der Waals surface area contributed by atoms with E-state index in [1.54, 1.807) is 12.4 Å². The van der Waals surface area contributed by atoms with Crippen molar-refractivity contribution in [2.75, 3.05) is 23.7 Å². The number of nitrogens with two attached hydrogens (primary N) is 1. The van der Waals surface area contributed by atoms with Crippen molar-refractivity contribution in [3.8, 4) is 11.4 Å². The molecule has 1 aliphatic carbocycles. The second-order valence-corrected chi connectivity index (χ2v) is 8.44. The largest absolute Gasteiger partial charge is 0.382 e. The topological polar surface area (TPSA) is 108 Å². The van der Waals surface area contributed by atoms with Crippen LogP contribution in [0.25, 0.3) is 22.6 Å². The number of nitrogen functional groups attached to an aromatic ring is 1. The van der Waals surface area contributed by atoms with Crippen LogP contribution < -0.4 is 10.6 Å². The van der Waals surface area contributed by atoms with Crippen LogP contribution in [0.4, 0.5) is 11.8 Å². The zero-order valence-electron chi connectivity index (χ0n) is 17.1. The lowest BCUT2D eigenvalue weighted by Gasteiger charge is -2.32. The fourth-order valence-corrected chi connectivity index (χ4v) is 4.64. The minimum Gasteiger partial charge on any atom is -0.382 e. The normalized spacial score (nSPS) is 24.9. The molecule has 2 saturated heterocycles. The molecule has 3 aliphatic rings. The lowest BCUT2D eigenvalue weighted by atomic mass is 10.0. The standard InChI is InChI=1S/C22H24N8O/c23-18-9-24-17(8-25-18)19-20-21(30(13-26-20)10-14-4-2-1-3-5-14)28-22(27-19)29-11-15-6-7-16(12-29)31-15/h1-4,8-9,13-16H,5-7,10-12H2,(H2,23,25). The van der Waals surface area contributed by atoms with Crippen LogP contribution in [-0.4, -0.2) is 54.8 Å². The molecule has 3 aromatic heterocycles. The first-order valence-corrected chi connectivity index (χ1v) is 10.8. The number of imidazole rings is 1. The van der Waals surface area contributed by atoms with Crippen LogP contribution in [0.1, 0.15) is 19.3 Å². The summed E-state index contributed by atoms with van der Waals surface area (Å²) < 4.78 is 8.13. The van der Waals surface area contributed by atoms with Crippen LogP contribution in [0.3, 0.4) is 0 Å². The Balaban J connectivity index is 1.45. The van der Waals surface area contributed by atoms with Crippen LogP contribution in [0.2, 0.25) is 0 Å². The number of anilines is 2. The summed E-state index contributed by atoms with van der Waals surface area (Å²) in [7, 11) is 0. The Bertz CT molecular complexity index is 1160. The third-order valence-electron chi connectivity index (χ3n) is 6.19. The van der Waals surface area contributed by atoms with Gasteiger partial charge in [0.25, 0.3) is 0 Å². The lowest BCUT2D eigenvalue weighted by Crippen LogP contribution is -2.43. The number of rotatable bonds is 4. The molecule has 3 unspecified atom stereocenters. The van der Waals surface area contributed by atoms with Gasteiger partial charge < -0.3 is 19.9 Å². The van der Waals surface area contributed by atoms with E-state index in [2.05, 4.69) is 48.7 Å². The zero-order valence-corrected chi connectivity index (χ0v) is 17.1. The van der Waals surface area contributed by atoms with Crippen LogP contribution >= 0.6 is 0 Å². The minimum absolute atomic E-state index is 0.252. The summed E-state index contributed by atoms with van der Waals surface area (Å²) in [5.41, 5.74) is 8.63. The molecule has 5 heterocycles. The van der Waals surface area contributed by atoms with Crippen molar-refractivity contribution in [3.63, 3.8) is 0 Å². The first-order chi connectivity index (χ1) is 15.2. The number of ether oxygens (including phenoxy) is 1. The summed E-state index contributed by atoms with van der Waals surface area (Å²) in [4.78, 5) is 25.4. The molecule has 9 nitrogen and oxygen atoms in total. The quantitative estimate of drug-likeness (QED) is 0.691. The van der Waals surface area contributed by atoms with Crippen LogP contribution in [0.5, 0.6) is 0 Å². The average Bonchev–Trinajstić information content (AvgIpc) is 3.36. The van der Waals surface area contributed by atoms with Gasteiger partial charge in [0.15, 0.2) is 5.65 Å². The third kappa shape index (κ3) is 3.44. The number of hydrogen-bond acceptors (Lipinski definition) is 8. The van der Waals surface area contributed by atoms with Crippen molar-refractivity contribution in [3.05, 3.63) is 43.0 Å². The summed E-state index contributed by atoms with van der Waals surface area (Å²) in [5, 5.41) is 0. The summed E-state index contributed by atoms with van der Waals surface area (Å²) in [5.74, 6) is 1.49. The van der Waals surface area contributed by atoms with Gasteiger partial charge >= 0.3 is 0 Å². The highest BCUT2D eigenvalue weighted by molar-refractivity contribution is 5.87. The number of morpholine rings is 1. The average molecular weight is 416 g/mol. The molecule has 0 radical (unpaired) electrons. The third-order valence-corrected chi connectivity index (χ3v) is 6.19. The lowest BCUT2D eigenvalue weighted by molar-refractivity contribution is 0.0299. The SMILES string of the molecule is Nc1cnc(-c2nc(N3CC4CCC(C3)O4)nc3c2ncn3CC2C=CC=CC2)cn1. The van der Waals surface area contributed by atoms with E-state index in [4.69, 9.17) is 20.4 Å². The summed E-state index contributed by atoms with van der Waals surface area (Å²) in [6.07, 6.45) is 17.4. The smallest absolute Gasteiger partial charge is 0.228 e. The molecule has 3 atom stereocenters. The van der Waals surface area contributed by atoms with Crippen molar-refractivity contribution < 1.29 is 4.74 Å². The molecule has 0 amide bonds. The van der Waals surface area contributed by atoms with E-state index in [1.807, 2.05) is 6.33 Å². The molecule has 0 spiro atoms. The predicted octanol–water partition coefficient (Wildman–Crippen LogP) is 2.37. The van der Waals surface area contributed by atoms with Crippen LogP contribution in [-0.2, 0) is 11.3 Å². The van der Waals surface area contributed by atoms with E-state index in [9.17, 15) is 0 Å². The highest BCUT2D eigenvalue weighted by Crippen LogP contribution is 2.31. The first-order valence-electron chi connectivity index (χ1n) is 10.8. The minimum atomic E-state index is 0.252. The van der Waals surface area contributed by atoms with E-state index in [0.29, 0.717) is 29.1 Å². The Kier molecular flexibility index (Phi) is 4.41. The van der Waals surface area contributed by atoms with Gasteiger partial charge in [-0.05, 0) is 25.2 Å². The van der Waals surface area contributed by atoms with Gasteiger partial charge in [0, 0.05) is 19.6 Å². The van der Waals surface area contributed by atoms with E-state index >= 15 is 0 Å². The van der Waals surface area contributed by atoms with Crippen molar-refractivity contribution in [1.29, 1.82) is 0 Å². The van der Waals surface area contributed by atoms with Crippen LogP contribution in [0.15, 0.2) is 43.0 Å².